The van der Waals surface area contributed by atoms with Crippen LogP contribution in [0.2, 0.25) is 0 Å². The fourth-order valence-corrected chi connectivity index (χ4v) is 1.82. The first-order chi connectivity index (χ1) is 7.17. The summed E-state index contributed by atoms with van der Waals surface area (Å²) in [6.07, 6.45) is 0.906. The molecule has 0 aromatic heterocycles. The molecular weight excluding hydrogens is 190 g/mol. The van der Waals surface area contributed by atoms with Crippen molar-refractivity contribution in [2.45, 2.75) is 20.3 Å². The second-order valence-electron chi connectivity index (χ2n) is 4.04. The van der Waals surface area contributed by atoms with Crippen LogP contribution in [0.25, 0.3) is 0 Å². The summed E-state index contributed by atoms with van der Waals surface area (Å²) in [6.45, 7) is 7.90. The van der Waals surface area contributed by atoms with Crippen LogP contribution in [-0.4, -0.2) is 48.4 Å². The highest BCUT2D eigenvalue weighted by Gasteiger charge is 2.20. The minimum absolute atomic E-state index is 0.133. The van der Waals surface area contributed by atoms with Crippen molar-refractivity contribution < 1.29 is 4.79 Å². The van der Waals surface area contributed by atoms with Crippen LogP contribution >= 0.6 is 0 Å². The van der Waals surface area contributed by atoms with Crippen molar-refractivity contribution in [2.75, 3.05) is 32.7 Å². The first-order valence-corrected chi connectivity index (χ1v) is 5.54. The third-order valence-corrected chi connectivity index (χ3v) is 2.97. The highest BCUT2D eigenvalue weighted by Crippen LogP contribution is 2.08. The first kappa shape index (κ1) is 12.0. The van der Waals surface area contributed by atoms with E-state index >= 15 is 0 Å². The summed E-state index contributed by atoms with van der Waals surface area (Å²) in [5, 5.41) is 8.86. The van der Waals surface area contributed by atoms with E-state index in [2.05, 4.69) is 11.0 Å². The Morgan fingerprint density at radius 1 is 1.40 bits per heavy atom. The molecule has 0 bridgehead atoms. The lowest BCUT2D eigenvalue weighted by Crippen LogP contribution is -2.49. The fraction of sp³-hybridized carbons (Fsp3) is 0.818. The third kappa shape index (κ3) is 3.52. The van der Waals surface area contributed by atoms with Gasteiger partial charge in [0.15, 0.2) is 0 Å². The lowest BCUT2D eigenvalue weighted by molar-refractivity contribution is -0.130. The van der Waals surface area contributed by atoms with Gasteiger partial charge in [0.25, 0.3) is 0 Å². The summed E-state index contributed by atoms with van der Waals surface area (Å²) in [5.74, 6) is 0.288. The zero-order valence-corrected chi connectivity index (χ0v) is 9.57. The molecule has 1 saturated heterocycles. The van der Waals surface area contributed by atoms with E-state index in [4.69, 9.17) is 5.26 Å². The topological polar surface area (TPSA) is 47.3 Å². The molecule has 0 aromatic rings. The molecule has 1 aliphatic rings. The van der Waals surface area contributed by atoms with E-state index in [0.717, 1.165) is 39.1 Å². The number of nitriles is 1. The minimum atomic E-state index is 0.133. The molecule has 1 rings (SSSR count). The van der Waals surface area contributed by atoms with E-state index in [0.29, 0.717) is 0 Å². The molecule has 0 aromatic carbocycles. The molecule has 0 saturated carbocycles. The van der Waals surface area contributed by atoms with Crippen LogP contribution in [0.5, 0.6) is 0 Å². The molecule has 1 unspecified atom stereocenters. The Hall–Kier alpha value is -1.08. The second kappa shape index (κ2) is 5.72. The van der Waals surface area contributed by atoms with Gasteiger partial charge in [-0.25, -0.2) is 0 Å². The Kier molecular flexibility index (Phi) is 4.57. The summed E-state index contributed by atoms with van der Waals surface area (Å²) in [5.41, 5.74) is 0. The van der Waals surface area contributed by atoms with Gasteiger partial charge in [-0.3, -0.25) is 9.69 Å². The van der Waals surface area contributed by atoms with Crippen molar-refractivity contribution in [3.63, 3.8) is 0 Å². The maximum absolute atomic E-state index is 11.1. The Bertz CT molecular complexity index is 251. The molecule has 4 heteroatoms. The van der Waals surface area contributed by atoms with Gasteiger partial charge in [-0.05, 0) is 6.42 Å². The van der Waals surface area contributed by atoms with Gasteiger partial charge in [0.2, 0.25) is 5.91 Å². The number of amides is 1. The highest BCUT2D eigenvalue weighted by molar-refractivity contribution is 5.73. The molecule has 1 amide bonds. The summed E-state index contributed by atoms with van der Waals surface area (Å²) in [4.78, 5) is 15.2. The third-order valence-electron chi connectivity index (χ3n) is 2.97. The number of hydrogen-bond donors (Lipinski definition) is 0. The van der Waals surface area contributed by atoms with Crippen molar-refractivity contribution in [3.8, 4) is 6.07 Å². The average Bonchev–Trinajstić information content (AvgIpc) is 2.26. The second-order valence-corrected chi connectivity index (χ2v) is 4.04. The van der Waals surface area contributed by atoms with Crippen molar-refractivity contribution in [1.29, 1.82) is 5.26 Å². The van der Waals surface area contributed by atoms with Gasteiger partial charge in [0.1, 0.15) is 0 Å². The molecule has 1 fully saturated rings. The molecule has 1 aliphatic heterocycles. The summed E-state index contributed by atoms with van der Waals surface area (Å²) in [7, 11) is 0. The maximum atomic E-state index is 11.1. The molecular formula is C11H19N3O. The van der Waals surface area contributed by atoms with Gasteiger partial charge in [0.05, 0.1) is 12.0 Å². The SMILES string of the molecule is CCC(C#N)CN1CCN(C(C)=O)CC1. The zero-order valence-electron chi connectivity index (χ0n) is 9.57. The monoisotopic (exact) mass is 209 g/mol. The van der Waals surface area contributed by atoms with Crippen LogP contribution in [0.15, 0.2) is 0 Å². The lowest BCUT2D eigenvalue weighted by atomic mass is 10.1. The molecule has 0 N–H and O–H groups in total. The van der Waals surface area contributed by atoms with Crippen molar-refractivity contribution in [3.05, 3.63) is 0 Å². The van der Waals surface area contributed by atoms with Crippen LogP contribution in [0.1, 0.15) is 20.3 Å². The van der Waals surface area contributed by atoms with Gasteiger partial charge in [-0.1, -0.05) is 6.92 Å². The van der Waals surface area contributed by atoms with E-state index in [9.17, 15) is 4.79 Å². The number of piperazine rings is 1. The normalized spacial score (nSPS) is 19.7. The largest absolute Gasteiger partial charge is 0.340 e. The molecule has 0 spiro atoms. The smallest absolute Gasteiger partial charge is 0.219 e. The highest BCUT2D eigenvalue weighted by atomic mass is 16.2. The number of carbonyl (C=O) groups excluding carboxylic acids is 1. The van der Waals surface area contributed by atoms with Crippen LogP contribution < -0.4 is 0 Å². The average molecular weight is 209 g/mol. The van der Waals surface area contributed by atoms with Gasteiger partial charge < -0.3 is 4.90 Å². The van der Waals surface area contributed by atoms with E-state index < -0.39 is 0 Å². The molecule has 15 heavy (non-hydrogen) atoms. The van der Waals surface area contributed by atoms with Crippen molar-refractivity contribution in [1.82, 2.24) is 9.80 Å². The van der Waals surface area contributed by atoms with E-state index in [1.807, 2.05) is 11.8 Å². The Balaban J connectivity index is 2.32. The van der Waals surface area contributed by atoms with Gasteiger partial charge in [0, 0.05) is 39.6 Å². The van der Waals surface area contributed by atoms with Crippen LogP contribution in [-0.2, 0) is 4.79 Å². The fourth-order valence-electron chi connectivity index (χ4n) is 1.82. The number of rotatable bonds is 3. The summed E-state index contributed by atoms with van der Waals surface area (Å²) < 4.78 is 0. The lowest BCUT2D eigenvalue weighted by Gasteiger charge is -2.34. The van der Waals surface area contributed by atoms with Crippen LogP contribution in [0, 0.1) is 17.2 Å². The Labute approximate surface area is 91.5 Å². The molecule has 1 heterocycles. The number of hydrogen-bond acceptors (Lipinski definition) is 3. The minimum Gasteiger partial charge on any atom is -0.340 e. The molecule has 0 radical (unpaired) electrons. The quantitative estimate of drug-likeness (QED) is 0.687. The molecule has 0 aliphatic carbocycles. The van der Waals surface area contributed by atoms with Gasteiger partial charge in [-0.15, -0.1) is 0 Å². The molecule has 84 valence electrons. The Morgan fingerprint density at radius 2 is 2.00 bits per heavy atom. The van der Waals surface area contributed by atoms with Gasteiger partial charge in [-0.2, -0.15) is 5.26 Å². The first-order valence-electron chi connectivity index (χ1n) is 5.54. The standard InChI is InChI=1S/C11H19N3O/c1-3-11(8-12)9-13-4-6-14(7-5-13)10(2)15/h11H,3-7,9H2,1-2H3. The van der Waals surface area contributed by atoms with Crippen molar-refractivity contribution >= 4 is 5.91 Å². The summed E-state index contributed by atoms with van der Waals surface area (Å²) >= 11 is 0. The predicted molar refractivity (Wildman–Crippen MR) is 58.1 cm³/mol. The van der Waals surface area contributed by atoms with Crippen LogP contribution in [0.4, 0.5) is 0 Å². The van der Waals surface area contributed by atoms with E-state index in [-0.39, 0.29) is 11.8 Å². The van der Waals surface area contributed by atoms with E-state index in [1.54, 1.807) is 6.92 Å². The maximum Gasteiger partial charge on any atom is 0.219 e. The predicted octanol–water partition coefficient (Wildman–Crippen LogP) is 0.700. The van der Waals surface area contributed by atoms with Crippen molar-refractivity contribution in [2.24, 2.45) is 5.92 Å². The van der Waals surface area contributed by atoms with Gasteiger partial charge >= 0.3 is 0 Å². The van der Waals surface area contributed by atoms with Crippen LogP contribution in [0.3, 0.4) is 0 Å². The number of nitrogens with zero attached hydrogens (tertiary/aromatic N) is 3. The molecule has 4 nitrogen and oxygen atoms in total. The number of carbonyl (C=O) groups is 1. The summed E-state index contributed by atoms with van der Waals surface area (Å²) in [6, 6.07) is 2.31. The zero-order chi connectivity index (χ0) is 11.3. The molecule has 1 atom stereocenters. The Morgan fingerprint density at radius 3 is 2.40 bits per heavy atom. The van der Waals surface area contributed by atoms with E-state index in [1.165, 1.54) is 0 Å².